The minimum absolute atomic E-state index is 0.299. The molecule has 5 nitrogen and oxygen atoms in total. The predicted molar refractivity (Wildman–Crippen MR) is 95.8 cm³/mol. The topological polar surface area (TPSA) is 70.3 Å². The van der Waals surface area contributed by atoms with E-state index in [0.29, 0.717) is 19.6 Å². The summed E-state index contributed by atoms with van der Waals surface area (Å²) in [4.78, 5) is 0. The van der Waals surface area contributed by atoms with Crippen LogP contribution in [-0.2, 0) is 21.4 Å². The van der Waals surface area contributed by atoms with Gasteiger partial charge < -0.3 is 9.29 Å². The summed E-state index contributed by atoms with van der Waals surface area (Å²) in [5, 5.41) is 1.00. The molecule has 0 aliphatic rings. The van der Waals surface area contributed by atoms with Crippen molar-refractivity contribution in [2.45, 2.75) is 40.2 Å². The number of nitrogens with zero attached hydrogens (tertiary/aromatic N) is 1. The van der Waals surface area contributed by atoms with Crippen LogP contribution in [-0.4, -0.2) is 25.3 Å². The molecule has 0 fully saturated rings. The lowest BCUT2D eigenvalue weighted by atomic mass is 10.2. The molecule has 24 heavy (non-hydrogen) atoms. The fourth-order valence-electron chi connectivity index (χ4n) is 2.52. The summed E-state index contributed by atoms with van der Waals surface area (Å²) in [7, 11) is -4.19. The normalized spacial score (nSPS) is 12.8. The van der Waals surface area contributed by atoms with Gasteiger partial charge in [0.25, 0.3) is 5.01 Å². The Balaban J connectivity index is 2.43. The van der Waals surface area contributed by atoms with Gasteiger partial charge in [-0.3, -0.25) is 0 Å². The van der Waals surface area contributed by atoms with Crippen molar-refractivity contribution in [3.63, 3.8) is 0 Å². The molecule has 1 aromatic heterocycles. The number of thiazole rings is 1. The van der Waals surface area contributed by atoms with Crippen molar-refractivity contribution in [2.75, 3.05) is 12.4 Å². The Bertz CT molecular complexity index is 838. The van der Waals surface area contributed by atoms with E-state index in [1.807, 2.05) is 26.8 Å². The maximum Gasteiger partial charge on any atom is 0.266 e. The number of fused-ring (bicyclic) bond motifs is 1. The van der Waals surface area contributed by atoms with Gasteiger partial charge in [0.2, 0.25) is 5.52 Å². The highest BCUT2D eigenvalue weighted by Gasteiger charge is 2.20. The van der Waals surface area contributed by atoms with Gasteiger partial charge in [0, 0.05) is 24.7 Å². The van der Waals surface area contributed by atoms with Crippen molar-refractivity contribution in [3.05, 3.63) is 34.5 Å². The molecule has 1 heterocycles. The zero-order valence-electron chi connectivity index (χ0n) is 14.2. The quantitative estimate of drug-likeness (QED) is 0.407. The second-order valence-corrected chi connectivity index (χ2v) is 8.16. The molecule has 0 aliphatic carbocycles. The highest BCUT2D eigenvalue weighted by molar-refractivity contribution is 7.85. The van der Waals surface area contributed by atoms with Crippen LogP contribution in [0.25, 0.3) is 16.3 Å². The minimum Gasteiger partial charge on any atom is -0.748 e. The Hall–Kier alpha value is -1.44. The molecule has 0 atom stereocenters. The first-order chi connectivity index (χ1) is 11.3. The van der Waals surface area contributed by atoms with Crippen molar-refractivity contribution >= 4 is 37.7 Å². The van der Waals surface area contributed by atoms with Crippen LogP contribution in [0, 0.1) is 6.92 Å². The van der Waals surface area contributed by atoms with E-state index in [1.165, 1.54) is 0 Å². The van der Waals surface area contributed by atoms with Gasteiger partial charge in [-0.2, -0.15) is 4.57 Å². The van der Waals surface area contributed by atoms with E-state index < -0.39 is 10.1 Å². The number of ether oxygens (including phenoxy) is 1. The molecule has 132 valence electrons. The van der Waals surface area contributed by atoms with E-state index in [1.54, 1.807) is 11.3 Å². The fourth-order valence-corrected chi connectivity index (χ4v) is 4.13. The van der Waals surface area contributed by atoms with Gasteiger partial charge in [-0.05, 0) is 25.5 Å². The maximum absolute atomic E-state index is 10.9. The van der Waals surface area contributed by atoms with Gasteiger partial charge in [0.05, 0.1) is 22.8 Å². The molecule has 0 bridgehead atoms. The third-order valence-corrected chi connectivity index (χ3v) is 5.53. The molecule has 2 aromatic rings. The Kier molecular flexibility index (Phi) is 6.37. The van der Waals surface area contributed by atoms with E-state index in [2.05, 4.69) is 22.8 Å². The molecule has 0 saturated heterocycles. The monoisotopic (exact) mass is 369 g/mol. The number of rotatable bonds is 8. The summed E-state index contributed by atoms with van der Waals surface area (Å²) in [6.07, 6.45) is 3.10. The number of hydrogen-bond donors (Lipinski definition) is 0. The van der Waals surface area contributed by atoms with E-state index in [9.17, 15) is 13.0 Å². The average molecular weight is 370 g/mol. The first kappa shape index (κ1) is 18.9. The molecule has 1 aromatic carbocycles. The fraction of sp³-hybridized carbons (Fsp3) is 0.471. The molecular formula is C17H23NO4S2. The summed E-state index contributed by atoms with van der Waals surface area (Å²) >= 11 is 1.64. The Morgan fingerprint density at radius 1 is 1.38 bits per heavy atom. The van der Waals surface area contributed by atoms with E-state index in [-0.39, 0.29) is 5.75 Å². The SMILES string of the molecule is CCO/C(=C/c1sc2ccc(C)cc2[n+]1CCCS(=O)(=O)[O-])CC. The van der Waals surface area contributed by atoms with Crippen LogP contribution in [0.1, 0.15) is 37.3 Å². The second kappa shape index (κ2) is 8.09. The van der Waals surface area contributed by atoms with Gasteiger partial charge in [0.1, 0.15) is 10.5 Å². The molecule has 0 spiro atoms. The molecule has 0 saturated carbocycles. The maximum atomic E-state index is 10.9. The smallest absolute Gasteiger partial charge is 0.266 e. The molecule has 0 unspecified atom stereocenters. The number of aromatic nitrogens is 1. The number of aryl methyl sites for hydroxylation is 2. The lowest BCUT2D eigenvalue weighted by molar-refractivity contribution is -0.668. The predicted octanol–water partition coefficient (Wildman–Crippen LogP) is 3.22. The average Bonchev–Trinajstić information content (AvgIpc) is 2.83. The van der Waals surface area contributed by atoms with Gasteiger partial charge in [-0.25, -0.2) is 8.42 Å². The molecule has 0 amide bonds. The number of benzene rings is 1. The van der Waals surface area contributed by atoms with Crippen LogP contribution in [0.2, 0.25) is 0 Å². The molecule has 2 rings (SSSR count). The summed E-state index contributed by atoms with van der Waals surface area (Å²) < 4.78 is 41.5. The molecule has 7 heteroatoms. The van der Waals surface area contributed by atoms with E-state index in [0.717, 1.165) is 33.0 Å². The number of allylic oxidation sites excluding steroid dienone is 1. The summed E-state index contributed by atoms with van der Waals surface area (Å²) in [6, 6.07) is 6.21. The summed E-state index contributed by atoms with van der Waals surface area (Å²) in [6.45, 7) is 7.10. The lowest BCUT2D eigenvalue weighted by Crippen LogP contribution is -2.36. The highest BCUT2D eigenvalue weighted by atomic mass is 32.2. The Morgan fingerprint density at radius 3 is 2.75 bits per heavy atom. The van der Waals surface area contributed by atoms with Crippen LogP contribution < -0.4 is 4.57 Å². The standard InChI is InChI=1S/C17H23NO4S2/c1-4-14(22-5-2)12-17-18(9-6-10-24(19,20)21)15-11-13(3)7-8-16(15)23-17/h7-8,11-12H,4-6,9-10H2,1-3H3/b14-12+. The molecule has 0 aliphatic heterocycles. The van der Waals surface area contributed by atoms with Crippen molar-refractivity contribution in [1.82, 2.24) is 0 Å². The largest absolute Gasteiger partial charge is 0.748 e. The van der Waals surface area contributed by atoms with Crippen molar-refractivity contribution in [2.24, 2.45) is 0 Å². The van der Waals surface area contributed by atoms with Crippen molar-refractivity contribution in [1.29, 1.82) is 0 Å². The highest BCUT2D eigenvalue weighted by Crippen LogP contribution is 2.24. The first-order valence-electron chi connectivity index (χ1n) is 8.04. The minimum atomic E-state index is -4.19. The van der Waals surface area contributed by atoms with Gasteiger partial charge in [-0.1, -0.05) is 24.3 Å². The van der Waals surface area contributed by atoms with Crippen LogP contribution >= 0.6 is 11.3 Å². The lowest BCUT2D eigenvalue weighted by Gasteiger charge is -2.06. The van der Waals surface area contributed by atoms with Crippen molar-refractivity contribution < 1.29 is 22.3 Å². The molecule has 0 N–H and O–H groups in total. The van der Waals surface area contributed by atoms with Crippen LogP contribution in [0.3, 0.4) is 0 Å². The molecular weight excluding hydrogens is 346 g/mol. The zero-order chi connectivity index (χ0) is 17.7. The third kappa shape index (κ3) is 5.03. The van der Waals surface area contributed by atoms with Crippen LogP contribution in [0.15, 0.2) is 24.0 Å². The van der Waals surface area contributed by atoms with Crippen molar-refractivity contribution in [3.8, 4) is 0 Å². The Labute approximate surface area is 147 Å². The first-order valence-corrected chi connectivity index (χ1v) is 10.4. The molecule has 0 radical (unpaired) electrons. The van der Waals surface area contributed by atoms with E-state index in [4.69, 9.17) is 4.74 Å². The van der Waals surface area contributed by atoms with E-state index >= 15 is 0 Å². The van der Waals surface area contributed by atoms with Gasteiger partial charge in [-0.15, -0.1) is 0 Å². The number of hydrogen-bond acceptors (Lipinski definition) is 5. The van der Waals surface area contributed by atoms with Crippen LogP contribution in [0.5, 0.6) is 0 Å². The van der Waals surface area contributed by atoms with Gasteiger partial charge in [0.15, 0.2) is 6.54 Å². The zero-order valence-corrected chi connectivity index (χ0v) is 15.9. The Morgan fingerprint density at radius 2 is 2.12 bits per heavy atom. The van der Waals surface area contributed by atoms with Gasteiger partial charge >= 0.3 is 0 Å². The second-order valence-electron chi connectivity index (χ2n) is 5.58. The summed E-state index contributed by atoms with van der Waals surface area (Å²) in [5.41, 5.74) is 2.20. The summed E-state index contributed by atoms with van der Waals surface area (Å²) in [5.74, 6) is 0.546. The van der Waals surface area contributed by atoms with Crippen LogP contribution in [0.4, 0.5) is 0 Å². The third-order valence-electron chi connectivity index (χ3n) is 3.62.